The number of carbonyl (C=O) groups is 1. The van der Waals surface area contributed by atoms with Crippen molar-refractivity contribution in [2.75, 3.05) is 0 Å². The Morgan fingerprint density at radius 1 is 1.29 bits per heavy atom. The minimum atomic E-state index is 0.277. The second-order valence-corrected chi connectivity index (χ2v) is 5.33. The zero-order valence-corrected chi connectivity index (χ0v) is 9.42. The number of rotatable bonds is 1. The SMILES string of the molecule is CC(C)C1C(=O)NC(C)C2CCCC21. The van der Waals surface area contributed by atoms with Gasteiger partial charge in [0.2, 0.25) is 5.91 Å². The molecule has 4 unspecified atom stereocenters. The highest BCUT2D eigenvalue weighted by Crippen LogP contribution is 2.44. The van der Waals surface area contributed by atoms with Crippen LogP contribution >= 0.6 is 0 Å². The highest BCUT2D eigenvalue weighted by atomic mass is 16.2. The predicted octanol–water partition coefficient (Wildman–Crippen LogP) is 2.19. The van der Waals surface area contributed by atoms with E-state index >= 15 is 0 Å². The van der Waals surface area contributed by atoms with Crippen LogP contribution < -0.4 is 5.32 Å². The van der Waals surface area contributed by atoms with Crippen LogP contribution in [0, 0.1) is 23.7 Å². The number of amides is 1. The first-order chi connectivity index (χ1) is 6.61. The Morgan fingerprint density at radius 3 is 2.57 bits per heavy atom. The first-order valence-corrected chi connectivity index (χ1v) is 5.91. The molecule has 0 bridgehead atoms. The van der Waals surface area contributed by atoms with E-state index in [-0.39, 0.29) is 5.92 Å². The second kappa shape index (κ2) is 3.56. The average molecular weight is 195 g/mol. The zero-order valence-electron chi connectivity index (χ0n) is 9.42. The number of hydrogen-bond acceptors (Lipinski definition) is 1. The summed E-state index contributed by atoms with van der Waals surface area (Å²) in [6, 6.07) is 0.407. The summed E-state index contributed by atoms with van der Waals surface area (Å²) in [5.41, 5.74) is 0. The van der Waals surface area contributed by atoms with Gasteiger partial charge in [-0.2, -0.15) is 0 Å². The van der Waals surface area contributed by atoms with E-state index in [1.807, 2.05) is 0 Å². The molecule has 14 heavy (non-hydrogen) atoms. The summed E-state index contributed by atoms with van der Waals surface area (Å²) < 4.78 is 0. The maximum atomic E-state index is 11.9. The third-order valence-corrected chi connectivity index (χ3v) is 4.12. The van der Waals surface area contributed by atoms with Crippen molar-refractivity contribution in [3.63, 3.8) is 0 Å². The smallest absolute Gasteiger partial charge is 0.223 e. The van der Waals surface area contributed by atoms with Crippen molar-refractivity contribution in [3.05, 3.63) is 0 Å². The van der Waals surface area contributed by atoms with Gasteiger partial charge in [-0.1, -0.05) is 20.3 Å². The van der Waals surface area contributed by atoms with Crippen LogP contribution in [0.1, 0.15) is 40.0 Å². The number of nitrogens with one attached hydrogen (secondary N) is 1. The van der Waals surface area contributed by atoms with Crippen molar-refractivity contribution < 1.29 is 4.79 Å². The van der Waals surface area contributed by atoms with Gasteiger partial charge < -0.3 is 5.32 Å². The highest BCUT2D eigenvalue weighted by Gasteiger charge is 2.45. The molecule has 1 saturated heterocycles. The van der Waals surface area contributed by atoms with Crippen molar-refractivity contribution in [1.29, 1.82) is 0 Å². The van der Waals surface area contributed by atoms with E-state index < -0.39 is 0 Å². The van der Waals surface area contributed by atoms with Gasteiger partial charge in [0.1, 0.15) is 0 Å². The largest absolute Gasteiger partial charge is 0.353 e. The van der Waals surface area contributed by atoms with E-state index in [0.717, 1.165) is 5.92 Å². The quantitative estimate of drug-likeness (QED) is 0.682. The van der Waals surface area contributed by atoms with Gasteiger partial charge in [-0.15, -0.1) is 0 Å². The summed E-state index contributed by atoms with van der Waals surface area (Å²) >= 11 is 0. The lowest BCUT2D eigenvalue weighted by molar-refractivity contribution is -0.133. The standard InChI is InChI=1S/C12H21NO/c1-7(2)11-10-6-4-5-9(10)8(3)13-12(11)14/h7-11H,4-6H2,1-3H3,(H,13,14). The molecule has 0 aromatic carbocycles. The molecule has 1 N–H and O–H groups in total. The van der Waals surface area contributed by atoms with E-state index in [1.165, 1.54) is 19.3 Å². The lowest BCUT2D eigenvalue weighted by Crippen LogP contribution is -2.52. The monoisotopic (exact) mass is 195 g/mol. The fraction of sp³-hybridized carbons (Fsp3) is 0.917. The molecular weight excluding hydrogens is 174 g/mol. The molecule has 0 aromatic rings. The van der Waals surface area contributed by atoms with Crippen molar-refractivity contribution in [2.45, 2.75) is 46.1 Å². The fourth-order valence-corrected chi connectivity index (χ4v) is 3.50. The fourth-order valence-electron chi connectivity index (χ4n) is 3.50. The third kappa shape index (κ3) is 1.45. The van der Waals surface area contributed by atoms with E-state index in [2.05, 4.69) is 26.1 Å². The molecule has 4 atom stereocenters. The Hall–Kier alpha value is -0.530. The third-order valence-electron chi connectivity index (χ3n) is 4.12. The lowest BCUT2D eigenvalue weighted by atomic mass is 9.72. The first-order valence-electron chi connectivity index (χ1n) is 5.91. The molecule has 2 nitrogen and oxygen atoms in total. The summed E-state index contributed by atoms with van der Waals surface area (Å²) in [4.78, 5) is 11.9. The minimum absolute atomic E-state index is 0.277. The zero-order chi connectivity index (χ0) is 10.3. The van der Waals surface area contributed by atoms with E-state index in [1.54, 1.807) is 0 Å². The van der Waals surface area contributed by atoms with Gasteiger partial charge in [0.25, 0.3) is 0 Å². The molecule has 1 saturated carbocycles. The van der Waals surface area contributed by atoms with Gasteiger partial charge in [0, 0.05) is 12.0 Å². The molecule has 0 spiro atoms. The molecule has 1 amide bonds. The maximum Gasteiger partial charge on any atom is 0.223 e. The Balaban J connectivity index is 2.20. The van der Waals surface area contributed by atoms with Gasteiger partial charge in [-0.25, -0.2) is 0 Å². The van der Waals surface area contributed by atoms with Crippen LogP contribution in [0.4, 0.5) is 0 Å². The molecule has 1 aliphatic carbocycles. The Kier molecular flexibility index (Phi) is 2.54. The number of piperidine rings is 1. The highest BCUT2D eigenvalue weighted by molar-refractivity contribution is 5.80. The average Bonchev–Trinajstić information content (AvgIpc) is 2.51. The summed E-state index contributed by atoms with van der Waals surface area (Å²) in [5.74, 6) is 2.49. The van der Waals surface area contributed by atoms with Crippen LogP contribution in [0.5, 0.6) is 0 Å². The van der Waals surface area contributed by atoms with Crippen LogP contribution in [0.15, 0.2) is 0 Å². The maximum absolute atomic E-state index is 11.9. The predicted molar refractivity (Wildman–Crippen MR) is 56.8 cm³/mol. The van der Waals surface area contributed by atoms with Gasteiger partial charge in [0.15, 0.2) is 0 Å². The van der Waals surface area contributed by atoms with E-state index in [9.17, 15) is 4.79 Å². The molecule has 1 aliphatic heterocycles. The van der Waals surface area contributed by atoms with Crippen molar-refractivity contribution in [1.82, 2.24) is 5.32 Å². The summed E-state index contributed by atoms with van der Waals surface area (Å²) in [5, 5.41) is 3.14. The van der Waals surface area contributed by atoms with Gasteiger partial charge in [-0.3, -0.25) is 4.79 Å². The first kappa shape index (κ1) is 10.0. The Labute approximate surface area is 86.5 Å². The van der Waals surface area contributed by atoms with Crippen LogP contribution in [0.2, 0.25) is 0 Å². The van der Waals surface area contributed by atoms with Crippen LogP contribution in [-0.4, -0.2) is 11.9 Å². The lowest BCUT2D eigenvalue weighted by Gasteiger charge is -2.39. The minimum Gasteiger partial charge on any atom is -0.353 e. The molecule has 2 fully saturated rings. The molecular formula is C12H21NO. The van der Waals surface area contributed by atoms with Crippen LogP contribution in [0.3, 0.4) is 0 Å². The molecule has 0 radical (unpaired) electrons. The summed E-state index contributed by atoms with van der Waals surface area (Å²) in [7, 11) is 0. The molecule has 2 rings (SSSR count). The van der Waals surface area contributed by atoms with Crippen LogP contribution in [0.25, 0.3) is 0 Å². The Bertz CT molecular complexity index is 236. The van der Waals surface area contributed by atoms with Gasteiger partial charge in [-0.05, 0) is 37.5 Å². The van der Waals surface area contributed by atoms with Crippen molar-refractivity contribution in [3.8, 4) is 0 Å². The number of carbonyl (C=O) groups excluding carboxylic acids is 1. The number of fused-ring (bicyclic) bond motifs is 1. The molecule has 0 aromatic heterocycles. The van der Waals surface area contributed by atoms with Crippen molar-refractivity contribution in [2.24, 2.45) is 23.7 Å². The summed E-state index contributed by atoms with van der Waals surface area (Å²) in [6.07, 6.45) is 3.90. The normalized spacial score (nSPS) is 42.4. The topological polar surface area (TPSA) is 29.1 Å². The molecule has 1 heterocycles. The summed E-state index contributed by atoms with van der Waals surface area (Å²) in [6.45, 7) is 6.52. The van der Waals surface area contributed by atoms with Gasteiger partial charge in [0.05, 0.1) is 0 Å². The Morgan fingerprint density at radius 2 is 1.93 bits per heavy atom. The molecule has 2 aliphatic rings. The van der Waals surface area contributed by atoms with Gasteiger partial charge >= 0.3 is 0 Å². The molecule has 2 heteroatoms. The number of hydrogen-bond donors (Lipinski definition) is 1. The van der Waals surface area contributed by atoms with Crippen LogP contribution in [-0.2, 0) is 4.79 Å². The second-order valence-electron chi connectivity index (χ2n) is 5.33. The van der Waals surface area contributed by atoms with Crippen molar-refractivity contribution >= 4 is 5.91 Å². The van der Waals surface area contributed by atoms with E-state index in [0.29, 0.717) is 23.8 Å². The van der Waals surface area contributed by atoms with E-state index in [4.69, 9.17) is 0 Å². The molecule has 80 valence electrons.